The molecule has 2 aliphatic rings. The van der Waals surface area contributed by atoms with Crippen LogP contribution in [-0.2, 0) is 17.8 Å². The number of hydrogen-bond acceptors (Lipinski definition) is 6. The number of hydrogen-bond donors (Lipinski definition) is 4. The second kappa shape index (κ2) is 12.8. The van der Waals surface area contributed by atoms with Crippen molar-refractivity contribution in [3.05, 3.63) is 132 Å². The normalized spacial score (nSPS) is 11.7. The molecule has 0 bridgehead atoms. The molecular formula is C34H32F2N7OS+. The number of nitrogens with two attached hydrogens (primary N) is 2. The monoisotopic (exact) mass is 624 g/mol. The number of carbonyl (C=O) groups is 1. The Morgan fingerprint density at radius 3 is 2.40 bits per heavy atom. The molecule has 0 radical (unpaired) electrons. The second-order valence-corrected chi connectivity index (χ2v) is 11.6. The van der Waals surface area contributed by atoms with Crippen molar-refractivity contribution in [2.24, 2.45) is 11.6 Å². The number of aromatic nitrogens is 2. The third-order valence-electron chi connectivity index (χ3n) is 7.33. The minimum absolute atomic E-state index is 0.148. The van der Waals surface area contributed by atoms with E-state index in [0.29, 0.717) is 29.2 Å². The Labute approximate surface area is 263 Å². The summed E-state index contributed by atoms with van der Waals surface area (Å²) in [6.45, 7) is 1.69. The zero-order chi connectivity index (χ0) is 31.5. The number of amides is 1. The third-order valence-corrected chi connectivity index (χ3v) is 8.44. The van der Waals surface area contributed by atoms with Crippen molar-refractivity contribution in [1.29, 1.82) is 0 Å². The van der Waals surface area contributed by atoms with Gasteiger partial charge in [-0.3, -0.25) is 4.79 Å². The van der Waals surface area contributed by atoms with E-state index in [2.05, 4.69) is 22.8 Å². The van der Waals surface area contributed by atoms with E-state index in [1.165, 1.54) is 41.4 Å². The maximum atomic E-state index is 13.8. The fraction of sp³-hybridized carbons (Fsp3) is 0.118. The average molecular weight is 625 g/mol. The summed E-state index contributed by atoms with van der Waals surface area (Å²) in [4.78, 5) is 11.6. The smallest absolute Gasteiger partial charge is 0.260 e. The van der Waals surface area contributed by atoms with Crippen LogP contribution < -0.4 is 31.2 Å². The van der Waals surface area contributed by atoms with Gasteiger partial charge in [-0.25, -0.2) is 8.78 Å². The molecule has 2 aliphatic heterocycles. The van der Waals surface area contributed by atoms with Gasteiger partial charge in [0.05, 0.1) is 5.56 Å². The van der Waals surface area contributed by atoms with Crippen LogP contribution in [0.5, 0.6) is 0 Å². The first-order chi connectivity index (χ1) is 21.7. The lowest BCUT2D eigenvalue weighted by molar-refractivity contribution is -0.505. The number of fused-ring (bicyclic) bond motifs is 2. The summed E-state index contributed by atoms with van der Waals surface area (Å²) < 4.78 is 31.7. The number of allylic oxidation sites excluding steroid dienone is 1. The summed E-state index contributed by atoms with van der Waals surface area (Å²) in [7, 11) is 0. The van der Waals surface area contributed by atoms with Crippen molar-refractivity contribution in [2.45, 2.75) is 26.3 Å². The van der Waals surface area contributed by atoms with E-state index in [0.717, 1.165) is 40.6 Å². The highest BCUT2D eigenvalue weighted by molar-refractivity contribution is 6.96. The van der Waals surface area contributed by atoms with E-state index < -0.39 is 11.6 Å². The van der Waals surface area contributed by atoms with Crippen molar-refractivity contribution in [2.75, 3.05) is 15.6 Å². The molecule has 0 saturated carbocycles. The molecular weight excluding hydrogens is 592 g/mol. The Morgan fingerprint density at radius 2 is 1.69 bits per heavy atom. The summed E-state index contributed by atoms with van der Waals surface area (Å²) in [5.41, 5.74) is 13.1. The Hall–Kier alpha value is -5.26. The van der Waals surface area contributed by atoms with Gasteiger partial charge < -0.3 is 16.4 Å². The number of anilines is 3. The fourth-order valence-corrected chi connectivity index (χ4v) is 6.38. The van der Waals surface area contributed by atoms with Crippen molar-refractivity contribution in [3.63, 3.8) is 0 Å². The van der Waals surface area contributed by atoms with Gasteiger partial charge in [0, 0.05) is 37.0 Å². The van der Waals surface area contributed by atoms with Crippen LogP contribution in [0, 0.1) is 11.6 Å². The quantitative estimate of drug-likeness (QED) is 0.0809. The molecule has 4 aromatic rings. The van der Waals surface area contributed by atoms with Gasteiger partial charge in [0.2, 0.25) is 5.91 Å². The lowest BCUT2D eigenvalue weighted by Crippen LogP contribution is -2.39. The molecule has 8 nitrogen and oxygen atoms in total. The van der Waals surface area contributed by atoms with E-state index in [4.69, 9.17) is 11.6 Å². The lowest BCUT2D eigenvalue weighted by Gasteiger charge is -2.14. The molecule has 0 fully saturated rings. The molecule has 6 N–H and O–H groups in total. The largest absolute Gasteiger partial charge is 0.400 e. The van der Waals surface area contributed by atoms with Crippen molar-refractivity contribution in [1.82, 2.24) is 3.79 Å². The molecule has 0 aliphatic carbocycles. The maximum absolute atomic E-state index is 13.8. The predicted octanol–water partition coefficient (Wildman–Crippen LogP) is 6.34. The zero-order valence-corrected chi connectivity index (χ0v) is 25.3. The summed E-state index contributed by atoms with van der Waals surface area (Å²) >= 11 is 1.42. The van der Waals surface area contributed by atoms with Crippen LogP contribution >= 0.6 is 11.7 Å². The molecule has 11 heteroatoms. The zero-order valence-electron chi connectivity index (χ0n) is 24.5. The van der Waals surface area contributed by atoms with E-state index in [-0.39, 0.29) is 12.5 Å². The van der Waals surface area contributed by atoms with Gasteiger partial charge in [-0.1, -0.05) is 42.5 Å². The SMILES string of the molecule is CC(=O)Nc1ccc(-c2c3ccc(N(N)C=C(N)CCc4ccccc4)[n+]-3sn3c(NCc4cc(F)cc(F)c4)ccc23)cc1. The lowest BCUT2D eigenvalue weighted by atomic mass is 10.0. The molecule has 3 aromatic carbocycles. The molecule has 0 saturated heterocycles. The van der Waals surface area contributed by atoms with Crippen LogP contribution in [-0.4, -0.2) is 9.70 Å². The Kier molecular flexibility index (Phi) is 8.45. The van der Waals surface area contributed by atoms with Crippen molar-refractivity contribution < 1.29 is 17.5 Å². The topological polar surface area (TPSA) is 105 Å². The highest BCUT2D eigenvalue weighted by Crippen LogP contribution is 2.36. The molecule has 0 atom stereocenters. The molecule has 1 aromatic heterocycles. The number of rotatable bonds is 10. The predicted molar refractivity (Wildman–Crippen MR) is 175 cm³/mol. The van der Waals surface area contributed by atoms with Crippen LogP contribution in [0.4, 0.5) is 26.1 Å². The van der Waals surface area contributed by atoms with Gasteiger partial charge in [-0.2, -0.15) is 14.6 Å². The first kappa shape index (κ1) is 29.8. The maximum Gasteiger partial charge on any atom is 0.260 e. The molecule has 0 spiro atoms. The van der Waals surface area contributed by atoms with E-state index in [1.807, 2.05) is 74.5 Å². The first-order valence-electron chi connectivity index (χ1n) is 14.4. The van der Waals surface area contributed by atoms with Crippen molar-refractivity contribution >= 4 is 40.5 Å². The van der Waals surface area contributed by atoms with Gasteiger partial charge in [-0.05, 0) is 72.0 Å². The summed E-state index contributed by atoms with van der Waals surface area (Å²) in [6.07, 6.45) is 3.17. The average Bonchev–Trinajstić information content (AvgIpc) is 3.62. The van der Waals surface area contributed by atoms with Crippen LogP contribution in [0.3, 0.4) is 0 Å². The standard InChI is InChI=1S/C34H31F2N7OS/c1-22(44)40-29-11-8-25(9-12-29)34-30-13-15-32(39-20-24-17-26(35)19-27(36)18-24)42(30)45-43-31(34)14-16-33(43)41(38)21-28(37)10-7-23-5-3-2-4-6-23/h2-6,8-9,11-19,21H,7,10,20,37-38H2,1H3,(H,39,40,44)/p+1. The number of benzene rings is 3. The Balaban J connectivity index is 1.38. The van der Waals surface area contributed by atoms with E-state index >= 15 is 0 Å². The molecule has 45 heavy (non-hydrogen) atoms. The first-order valence-corrected chi connectivity index (χ1v) is 15.1. The molecule has 0 unspecified atom stereocenters. The van der Waals surface area contributed by atoms with E-state index in [1.54, 1.807) is 6.20 Å². The Morgan fingerprint density at radius 1 is 0.956 bits per heavy atom. The Bertz CT molecular complexity index is 1950. The van der Waals surface area contributed by atoms with Crippen LogP contribution in [0.1, 0.15) is 24.5 Å². The number of aryl methyl sites for hydroxylation is 1. The summed E-state index contributed by atoms with van der Waals surface area (Å²) in [5.74, 6) is 6.61. The molecule has 6 rings (SSSR count). The molecule has 3 heterocycles. The minimum atomic E-state index is -0.627. The minimum Gasteiger partial charge on any atom is -0.400 e. The number of halogens is 2. The van der Waals surface area contributed by atoms with Gasteiger partial charge in [-0.15, -0.1) is 3.96 Å². The highest BCUT2D eigenvalue weighted by Gasteiger charge is 2.27. The number of nitrogens with zero attached hydrogens (tertiary/aromatic N) is 3. The van der Waals surface area contributed by atoms with E-state index in [9.17, 15) is 13.6 Å². The third kappa shape index (κ3) is 6.64. The molecule has 1 amide bonds. The summed E-state index contributed by atoms with van der Waals surface area (Å²) in [6, 6.07) is 29.1. The number of hydrazine groups is 1. The highest BCUT2D eigenvalue weighted by atomic mass is 32.1. The van der Waals surface area contributed by atoms with Crippen LogP contribution in [0.2, 0.25) is 0 Å². The van der Waals surface area contributed by atoms with Gasteiger partial charge in [0.1, 0.15) is 29.0 Å². The van der Waals surface area contributed by atoms with Gasteiger partial charge >= 0.3 is 0 Å². The summed E-state index contributed by atoms with van der Waals surface area (Å²) in [5, 5.41) is 7.65. The van der Waals surface area contributed by atoms with Crippen LogP contribution in [0.15, 0.2) is 109 Å². The van der Waals surface area contributed by atoms with Gasteiger partial charge in [0.25, 0.3) is 5.82 Å². The van der Waals surface area contributed by atoms with Gasteiger partial charge in [0.15, 0.2) is 17.5 Å². The molecule has 228 valence electrons. The van der Waals surface area contributed by atoms with Crippen LogP contribution in [0.25, 0.3) is 22.3 Å². The second-order valence-electron chi connectivity index (χ2n) is 10.7. The fourth-order valence-electron chi connectivity index (χ4n) is 5.28. The number of nitrogens with one attached hydrogen (secondary N) is 2. The van der Waals surface area contributed by atoms with Crippen molar-refractivity contribution in [3.8, 4) is 16.8 Å². The number of carbonyl (C=O) groups excluding carboxylic acids is 1.